The molecule has 0 radical (unpaired) electrons. The van der Waals surface area contributed by atoms with Gasteiger partial charge in [-0.05, 0) is 42.8 Å². The quantitative estimate of drug-likeness (QED) is 0.270. The van der Waals surface area contributed by atoms with E-state index in [0.717, 1.165) is 18.5 Å². The summed E-state index contributed by atoms with van der Waals surface area (Å²) in [6.45, 7) is 6.27. The van der Waals surface area contributed by atoms with Crippen molar-refractivity contribution in [2.75, 3.05) is 11.5 Å². The van der Waals surface area contributed by atoms with E-state index in [9.17, 15) is 0 Å². The zero-order valence-corrected chi connectivity index (χ0v) is 17.2. The minimum absolute atomic E-state index is 0.902. The fraction of sp³-hybridized carbons (Fsp3) is 0.600. The van der Waals surface area contributed by atoms with Crippen molar-refractivity contribution >= 4 is 34.5 Å². The van der Waals surface area contributed by atoms with Gasteiger partial charge in [0.15, 0.2) is 0 Å². The van der Waals surface area contributed by atoms with Gasteiger partial charge in [-0.25, -0.2) is 4.13 Å². The SMILES string of the molecule is CC.CCCCCCCCSNSC1=CCCc2cccc(N)c21. The van der Waals surface area contributed by atoms with Crippen LogP contribution < -0.4 is 9.86 Å². The summed E-state index contributed by atoms with van der Waals surface area (Å²) < 4.78 is 3.43. The summed E-state index contributed by atoms with van der Waals surface area (Å²) in [5.41, 5.74) is 9.68. The molecule has 2 rings (SSSR count). The van der Waals surface area contributed by atoms with Crippen LogP contribution in [0, 0.1) is 0 Å². The van der Waals surface area contributed by atoms with Gasteiger partial charge in [0, 0.05) is 21.9 Å². The Morgan fingerprint density at radius 1 is 1.08 bits per heavy atom. The molecule has 1 aromatic rings. The number of nitrogens with one attached hydrogen (secondary N) is 1. The maximum Gasteiger partial charge on any atom is 0.0402 e. The second kappa shape index (κ2) is 13.7. The molecule has 0 aromatic heterocycles. The lowest BCUT2D eigenvalue weighted by Crippen LogP contribution is -2.04. The second-order valence-corrected chi connectivity index (χ2v) is 7.80. The van der Waals surface area contributed by atoms with Gasteiger partial charge in [-0.2, -0.15) is 0 Å². The number of fused-ring (bicyclic) bond motifs is 1. The Labute approximate surface area is 157 Å². The number of hydrogen-bond acceptors (Lipinski definition) is 4. The molecule has 4 heteroatoms. The lowest BCUT2D eigenvalue weighted by atomic mass is 9.96. The van der Waals surface area contributed by atoms with E-state index in [1.807, 2.05) is 31.9 Å². The molecular formula is C20H34N2S2. The number of nitrogen functional groups attached to an aromatic ring is 1. The van der Waals surface area contributed by atoms with Crippen LogP contribution in [-0.4, -0.2) is 5.75 Å². The topological polar surface area (TPSA) is 38.0 Å². The van der Waals surface area contributed by atoms with Crippen molar-refractivity contribution in [2.24, 2.45) is 0 Å². The van der Waals surface area contributed by atoms with Crippen molar-refractivity contribution in [3.8, 4) is 0 Å². The zero-order chi connectivity index (χ0) is 17.6. The third-order valence-corrected chi connectivity index (χ3v) is 5.87. The molecule has 2 nitrogen and oxygen atoms in total. The van der Waals surface area contributed by atoms with Gasteiger partial charge in [-0.15, -0.1) is 0 Å². The monoisotopic (exact) mass is 366 g/mol. The van der Waals surface area contributed by atoms with Gasteiger partial charge in [-0.1, -0.05) is 83.0 Å². The number of unbranched alkanes of at least 4 members (excludes halogenated alkanes) is 5. The Morgan fingerprint density at radius 2 is 1.83 bits per heavy atom. The highest BCUT2D eigenvalue weighted by Crippen LogP contribution is 2.37. The number of anilines is 1. The Bertz CT molecular complexity index is 487. The number of rotatable bonds is 10. The average Bonchev–Trinajstić information content (AvgIpc) is 2.62. The van der Waals surface area contributed by atoms with Gasteiger partial charge >= 0.3 is 0 Å². The molecule has 0 atom stereocenters. The summed E-state index contributed by atoms with van der Waals surface area (Å²) in [6, 6.07) is 6.26. The van der Waals surface area contributed by atoms with Gasteiger partial charge in [0.1, 0.15) is 0 Å². The summed E-state index contributed by atoms with van der Waals surface area (Å²) in [5, 5.41) is 0. The molecule has 0 bridgehead atoms. The van der Waals surface area contributed by atoms with Crippen LogP contribution in [0.3, 0.4) is 0 Å². The smallest absolute Gasteiger partial charge is 0.0402 e. The van der Waals surface area contributed by atoms with Crippen LogP contribution in [0.4, 0.5) is 5.69 Å². The predicted octanol–water partition coefficient (Wildman–Crippen LogP) is 6.83. The summed E-state index contributed by atoms with van der Waals surface area (Å²) in [4.78, 5) is 1.29. The molecule has 0 saturated heterocycles. The molecule has 1 aliphatic carbocycles. The highest BCUT2D eigenvalue weighted by atomic mass is 32.2. The molecular weight excluding hydrogens is 332 g/mol. The Balaban J connectivity index is 0.00000139. The number of allylic oxidation sites excluding steroid dienone is 1. The summed E-state index contributed by atoms with van der Waals surface area (Å²) in [5.74, 6) is 1.18. The Hall–Kier alpha value is -0.580. The number of hydrogen-bond donors (Lipinski definition) is 2. The Morgan fingerprint density at radius 3 is 2.62 bits per heavy atom. The zero-order valence-electron chi connectivity index (χ0n) is 15.6. The predicted molar refractivity (Wildman–Crippen MR) is 115 cm³/mol. The minimum Gasteiger partial charge on any atom is -0.398 e. The third kappa shape index (κ3) is 7.54. The van der Waals surface area contributed by atoms with Crippen LogP contribution in [0.25, 0.3) is 4.91 Å². The van der Waals surface area contributed by atoms with Crippen molar-refractivity contribution in [3.63, 3.8) is 0 Å². The fourth-order valence-corrected chi connectivity index (χ4v) is 4.58. The van der Waals surface area contributed by atoms with Crippen LogP contribution in [0.15, 0.2) is 24.3 Å². The molecule has 136 valence electrons. The van der Waals surface area contributed by atoms with Crippen LogP contribution in [0.1, 0.15) is 76.8 Å². The van der Waals surface area contributed by atoms with Crippen molar-refractivity contribution in [3.05, 3.63) is 35.4 Å². The second-order valence-electron chi connectivity index (χ2n) is 5.79. The van der Waals surface area contributed by atoms with E-state index in [1.54, 1.807) is 11.9 Å². The fourth-order valence-electron chi connectivity index (χ4n) is 2.75. The van der Waals surface area contributed by atoms with Gasteiger partial charge in [0.05, 0.1) is 0 Å². The van der Waals surface area contributed by atoms with Crippen LogP contribution >= 0.6 is 23.9 Å². The van der Waals surface area contributed by atoms with E-state index >= 15 is 0 Å². The molecule has 0 saturated carbocycles. The van der Waals surface area contributed by atoms with Crippen LogP contribution in [0.5, 0.6) is 0 Å². The molecule has 0 unspecified atom stereocenters. The molecule has 0 aliphatic heterocycles. The first-order valence-corrected chi connectivity index (χ1v) is 11.2. The maximum absolute atomic E-state index is 6.15. The molecule has 1 aliphatic rings. The number of benzene rings is 1. The van der Waals surface area contributed by atoms with E-state index in [4.69, 9.17) is 5.73 Å². The first-order chi connectivity index (χ1) is 11.8. The van der Waals surface area contributed by atoms with E-state index in [2.05, 4.69) is 29.3 Å². The lowest BCUT2D eigenvalue weighted by Gasteiger charge is -2.19. The van der Waals surface area contributed by atoms with Crippen molar-refractivity contribution in [2.45, 2.75) is 72.1 Å². The van der Waals surface area contributed by atoms with Gasteiger partial charge in [-0.3, -0.25) is 0 Å². The van der Waals surface area contributed by atoms with E-state index in [1.165, 1.54) is 60.3 Å². The van der Waals surface area contributed by atoms with Crippen molar-refractivity contribution < 1.29 is 0 Å². The normalized spacial score (nSPS) is 12.9. The molecule has 1 aromatic carbocycles. The highest BCUT2D eigenvalue weighted by Gasteiger charge is 2.15. The third-order valence-electron chi connectivity index (χ3n) is 3.98. The number of aryl methyl sites for hydroxylation is 1. The number of nitrogens with two attached hydrogens (primary N) is 1. The highest BCUT2D eigenvalue weighted by molar-refractivity contribution is 8.17. The Kier molecular flexibility index (Phi) is 12.2. The van der Waals surface area contributed by atoms with E-state index in [0.29, 0.717) is 0 Å². The molecule has 3 N–H and O–H groups in total. The first kappa shape index (κ1) is 21.5. The average molecular weight is 367 g/mol. The van der Waals surface area contributed by atoms with Gasteiger partial charge in [0.2, 0.25) is 0 Å². The maximum atomic E-state index is 6.15. The lowest BCUT2D eigenvalue weighted by molar-refractivity contribution is 0.627. The van der Waals surface area contributed by atoms with Gasteiger partial charge < -0.3 is 5.73 Å². The molecule has 0 heterocycles. The molecule has 24 heavy (non-hydrogen) atoms. The van der Waals surface area contributed by atoms with Crippen LogP contribution in [-0.2, 0) is 6.42 Å². The van der Waals surface area contributed by atoms with E-state index in [-0.39, 0.29) is 0 Å². The standard InChI is InChI=1S/C18H28N2S2.C2H6/c1-2-3-4-5-6-7-14-21-20-22-17-13-9-11-15-10-8-12-16(19)18(15)17;1-2/h8,10,12-13,20H,2-7,9,11,14,19H2,1H3;1-2H3. The molecule has 0 amide bonds. The van der Waals surface area contributed by atoms with Gasteiger partial charge in [0.25, 0.3) is 0 Å². The van der Waals surface area contributed by atoms with Crippen molar-refractivity contribution in [1.82, 2.24) is 4.13 Å². The van der Waals surface area contributed by atoms with E-state index < -0.39 is 0 Å². The summed E-state index contributed by atoms with van der Waals surface area (Å²) in [7, 11) is 0. The minimum atomic E-state index is 0.902. The summed E-state index contributed by atoms with van der Waals surface area (Å²) in [6.07, 6.45) is 12.7. The first-order valence-electron chi connectivity index (χ1n) is 9.44. The molecule has 0 spiro atoms. The summed E-state index contributed by atoms with van der Waals surface area (Å²) >= 11 is 3.54. The van der Waals surface area contributed by atoms with Crippen LogP contribution in [0.2, 0.25) is 0 Å². The molecule has 0 fully saturated rings. The van der Waals surface area contributed by atoms with Crippen molar-refractivity contribution in [1.29, 1.82) is 0 Å². The largest absolute Gasteiger partial charge is 0.398 e.